The fourth-order valence-corrected chi connectivity index (χ4v) is 6.14. The van der Waals surface area contributed by atoms with Crippen LogP contribution in [0.5, 0.6) is 5.75 Å². The predicted octanol–water partition coefficient (Wildman–Crippen LogP) is 10.5. The topological polar surface area (TPSA) is 50.9 Å². The SMILES string of the molecule is Oc1ccccc1-c1nc2c(-c3cc(-c4ccccc4)cc(-c4cc(-c5ccccc5)ccn4)c3)cccc2n1-c1ccccc1. The molecule has 0 radical (unpaired) electrons. The van der Waals surface area contributed by atoms with E-state index in [0.717, 1.165) is 61.4 Å². The van der Waals surface area contributed by atoms with Crippen LogP contribution >= 0.6 is 0 Å². The molecule has 218 valence electrons. The normalized spacial score (nSPS) is 11.1. The van der Waals surface area contributed by atoms with Gasteiger partial charge >= 0.3 is 0 Å². The Balaban J connectivity index is 1.37. The van der Waals surface area contributed by atoms with Crippen molar-refractivity contribution in [3.8, 4) is 67.5 Å². The molecule has 0 amide bonds. The van der Waals surface area contributed by atoms with Gasteiger partial charge in [0.2, 0.25) is 0 Å². The average Bonchev–Trinajstić information content (AvgIpc) is 3.52. The van der Waals surface area contributed by atoms with Gasteiger partial charge in [0.25, 0.3) is 0 Å². The minimum absolute atomic E-state index is 0.189. The van der Waals surface area contributed by atoms with Crippen molar-refractivity contribution in [2.45, 2.75) is 0 Å². The van der Waals surface area contributed by atoms with Gasteiger partial charge in [0.1, 0.15) is 11.6 Å². The van der Waals surface area contributed by atoms with Gasteiger partial charge in [-0.3, -0.25) is 9.55 Å². The van der Waals surface area contributed by atoms with Gasteiger partial charge in [-0.1, -0.05) is 103 Å². The molecule has 2 heterocycles. The Bertz CT molecular complexity index is 2310. The zero-order valence-electron chi connectivity index (χ0n) is 25.0. The summed E-state index contributed by atoms with van der Waals surface area (Å²) in [5.41, 5.74) is 11.9. The maximum Gasteiger partial charge on any atom is 0.149 e. The van der Waals surface area contributed by atoms with Gasteiger partial charge in [0.05, 0.1) is 22.3 Å². The first kappa shape index (κ1) is 27.3. The van der Waals surface area contributed by atoms with Crippen molar-refractivity contribution in [3.63, 3.8) is 0 Å². The number of aromatic nitrogens is 3. The molecule has 2 aromatic heterocycles. The number of imidazole rings is 1. The van der Waals surface area contributed by atoms with Gasteiger partial charge < -0.3 is 5.11 Å². The maximum absolute atomic E-state index is 10.9. The first-order valence-electron chi connectivity index (χ1n) is 15.3. The lowest BCUT2D eigenvalue weighted by atomic mass is 9.93. The largest absolute Gasteiger partial charge is 0.507 e. The van der Waals surface area contributed by atoms with Gasteiger partial charge in [-0.25, -0.2) is 4.98 Å². The van der Waals surface area contributed by atoms with Crippen LogP contribution in [0.2, 0.25) is 0 Å². The van der Waals surface area contributed by atoms with Crippen LogP contribution in [0.3, 0.4) is 0 Å². The summed E-state index contributed by atoms with van der Waals surface area (Å²) in [4.78, 5) is 10.1. The van der Waals surface area contributed by atoms with Gasteiger partial charge in [-0.15, -0.1) is 0 Å². The van der Waals surface area contributed by atoms with Crippen molar-refractivity contribution in [3.05, 3.63) is 170 Å². The molecule has 4 nitrogen and oxygen atoms in total. The highest BCUT2D eigenvalue weighted by molar-refractivity contribution is 5.97. The Morgan fingerprint density at radius 3 is 1.80 bits per heavy atom. The molecule has 0 atom stereocenters. The molecule has 0 aliphatic heterocycles. The van der Waals surface area contributed by atoms with Crippen LogP contribution < -0.4 is 0 Å². The average molecular weight is 592 g/mol. The second-order valence-corrected chi connectivity index (χ2v) is 11.3. The highest BCUT2D eigenvalue weighted by Gasteiger charge is 2.20. The number of rotatable bonds is 6. The molecule has 0 aliphatic rings. The van der Waals surface area contributed by atoms with E-state index in [1.54, 1.807) is 6.07 Å². The van der Waals surface area contributed by atoms with E-state index in [9.17, 15) is 5.11 Å². The van der Waals surface area contributed by atoms with E-state index in [2.05, 4.69) is 114 Å². The Labute approximate surface area is 267 Å². The van der Waals surface area contributed by atoms with E-state index in [1.165, 1.54) is 0 Å². The summed E-state index contributed by atoms with van der Waals surface area (Å²) in [6, 6.07) is 55.6. The Hall–Kier alpha value is -6.26. The van der Waals surface area contributed by atoms with Crippen LogP contribution in [0.25, 0.3) is 72.7 Å². The van der Waals surface area contributed by atoms with E-state index in [0.29, 0.717) is 11.4 Å². The first-order valence-corrected chi connectivity index (χ1v) is 15.3. The van der Waals surface area contributed by atoms with Crippen LogP contribution in [0, 0.1) is 0 Å². The molecule has 8 aromatic rings. The van der Waals surface area contributed by atoms with Crippen molar-refractivity contribution >= 4 is 11.0 Å². The van der Waals surface area contributed by atoms with Crippen LogP contribution in [0.4, 0.5) is 0 Å². The van der Waals surface area contributed by atoms with Crippen molar-refractivity contribution in [1.29, 1.82) is 0 Å². The third kappa shape index (κ3) is 5.02. The zero-order chi connectivity index (χ0) is 30.9. The molecule has 0 bridgehead atoms. The Kier molecular flexibility index (Phi) is 6.93. The van der Waals surface area contributed by atoms with E-state index < -0.39 is 0 Å². The Morgan fingerprint density at radius 1 is 0.457 bits per heavy atom. The fourth-order valence-electron chi connectivity index (χ4n) is 6.14. The van der Waals surface area contributed by atoms with Crippen molar-refractivity contribution in [1.82, 2.24) is 14.5 Å². The molecular weight excluding hydrogens is 562 g/mol. The van der Waals surface area contributed by atoms with Crippen LogP contribution in [0.15, 0.2) is 170 Å². The number of pyridine rings is 1. The zero-order valence-corrected chi connectivity index (χ0v) is 25.0. The second kappa shape index (κ2) is 11.7. The fraction of sp³-hybridized carbons (Fsp3) is 0. The number of nitrogens with zero attached hydrogens (tertiary/aromatic N) is 3. The first-order chi connectivity index (χ1) is 22.7. The molecular formula is C42H29N3O. The minimum atomic E-state index is 0.189. The molecule has 0 saturated heterocycles. The highest BCUT2D eigenvalue weighted by atomic mass is 16.3. The highest BCUT2D eigenvalue weighted by Crippen LogP contribution is 2.39. The molecule has 0 spiro atoms. The van der Waals surface area contributed by atoms with Crippen molar-refractivity contribution in [2.24, 2.45) is 0 Å². The summed E-state index contributed by atoms with van der Waals surface area (Å²) in [5, 5.41) is 10.9. The number of hydrogen-bond acceptors (Lipinski definition) is 3. The van der Waals surface area contributed by atoms with E-state index in [4.69, 9.17) is 9.97 Å². The molecule has 0 saturated carbocycles. The number of aromatic hydroxyl groups is 1. The predicted molar refractivity (Wildman–Crippen MR) is 188 cm³/mol. The summed E-state index contributed by atoms with van der Waals surface area (Å²) >= 11 is 0. The Morgan fingerprint density at radius 2 is 1.07 bits per heavy atom. The van der Waals surface area contributed by atoms with E-state index in [1.807, 2.05) is 54.7 Å². The summed E-state index contributed by atoms with van der Waals surface area (Å²) in [6.45, 7) is 0. The lowest BCUT2D eigenvalue weighted by molar-refractivity contribution is 0.477. The molecule has 4 heteroatoms. The number of phenols is 1. The van der Waals surface area contributed by atoms with Crippen molar-refractivity contribution < 1.29 is 5.11 Å². The molecule has 46 heavy (non-hydrogen) atoms. The molecule has 8 rings (SSSR count). The third-order valence-electron chi connectivity index (χ3n) is 8.36. The monoisotopic (exact) mass is 591 g/mol. The number of para-hydroxylation sites is 3. The van der Waals surface area contributed by atoms with Gasteiger partial charge in [0, 0.05) is 23.0 Å². The lowest BCUT2D eigenvalue weighted by Crippen LogP contribution is -1.97. The molecule has 0 unspecified atom stereocenters. The number of phenolic OH excluding ortho intramolecular Hbond substituents is 1. The molecule has 0 aliphatic carbocycles. The number of hydrogen-bond donors (Lipinski definition) is 1. The minimum Gasteiger partial charge on any atom is -0.507 e. The van der Waals surface area contributed by atoms with Gasteiger partial charge in [-0.05, 0) is 88.5 Å². The quantitative estimate of drug-likeness (QED) is 0.209. The van der Waals surface area contributed by atoms with E-state index in [-0.39, 0.29) is 5.75 Å². The lowest BCUT2D eigenvalue weighted by Gasteiger charge is -2.13. The second-order valence-electron chi connectivity index (χ2n) is 11.3. The number of benzene rings is 6. The molecule has 0 fully saturated rings. The van der Waals surface area contributed by atoms with Gasteiger partial charge in [-0.2, -0.15) is 0 Å². The maximum atomic E-state index is 10.9. The number of fused-ring (bicyclic) bond motifs is 1. The van der Waals surface area contributed by atoms with Gasteiger partial charge in [0.15, 0.2) is 0 Å². The molecule has 6 aromatic carbocycles. The summed E-state index contributed by atoms with van der Waals surface area (Å²) in [6.07, 6.45) is 1.88. The van der Waals surface area contributed by atoms with Crippen LogP contribution in [0.1, 0.15) is 0 Å². The standard InChI is InChI=1S/C42H29N3O/c46-40-22-11-10-19-37(40)42-44-41-36(20-12-21-39(41)45(42)35-17-8-3-9-18-35)33-25-32(30-15-6-2-7-16-30)26-34(27-33)38-28-31(23-24-43-38)29-13-4-1-5-14-29/h1-28,46H. The molecule has 1 N–H and O–H groups in total. The summed E-state index contributed by atoms with van der Waals surface area (Å²) in [5.74, 6) is 0.873. The van der Waals surface area contributed by atoms with Crippen LogP contribution in [-0.4, -0.2) is 19.6 Å². The summed E-state index contributed by atoms with van der Waals surface area (Å²) < 4.78 is 2.13. The van der Waals surface area contributed by atoms with Crippen molar-refractivity contribution in [2.75, 3.05) is 0 Å². The van der Waals surface area contributed by atoms with E-state index >= 15 is 0 Å². The van der Waals surface area contributed by atoms with Crippen LogP contribution in [-0.2, 0) is 0 Å². The third-order valence-corrected chi connectivity index (χ3v) is 8.36. The smallest absolute Gasteiger partial charge is 0.149 e. The summed E-state index contributed by atoms with van der Waals surface area (Å²) in [7, 11) is 0.